The van der Waals surface area contributed by atoms with E-state index in [0.29, 0.717) is 5.69 Å². The molecular weight excluding hydrogens is 292 g/mol. The molecule has 116 valence electrons. The number of hydrogen-bond acceptors (Lipinski definition) is 4. The van der Waals surface area contributed by atoms with E-state index in [1.165, 1.54) is 0 Å². The van der Waals surface area contributed by atoms with E-state index in [1.807, 2.05) is 32.9 Å². The van der Waals surface area contributed by atoms with Gasteiger partial charge in [0.25, 0.3) is 0 Å². The van der Waals surface area contributed by atoms with Crippen molar-refractivity contribution in [3.05, 3.63) is 23.3 Å². The lowest BCUT2D eigenvalue weighted by atomic mass is 9.98. The lowest BCUT2D eigenvalue weighted by molar-refractivity contribution is 0.863. The van der Waals surface area contributed by atoms with E-state index in [0.717, 1.165) is 16.8 Å². The first-order valence-corrected chi connectivity index (χ1v) is 6.06. The Balaban J connectivity index is 0.00000400. The van der Waals surface area contributed by atoms with Crippen molar-refractivity contribution in [1.82, 2.24) is 0 Å². The van der Waals surface area contributed by atoms with Crippen LogP contribution in [-0.4, -0.2) is 11.9 Å². The van der Waals surface area contributed by atoms with Crippen LogP contribution in [0, 0.1) is 12.3 Å². The number of nitrogens with two attached hydrogens (primary N) is 3. The SMILES string of the molecule is Cc1cc(N=NC(=N)N)c(C(C)C)cc1NN=C(N)N.Cl. The zero-order valence-corrected chi connectivity index (χ0v) is 13.0. The summed E-state index contributed by atoms with van der Waals surface area (Å²) in [5.74, 6) is -0.160. The number of rotatable bonds is 4. The van der Waals surface area contributed by atoms with Gasteiger partial charge in [0.2, 0.25) is 11.9 Å². The van der Waals surface area contributed by atoms with Gasteiger partial charge in [-0.3, -0.25) is 10.8 Å². The third kappa shape index (κ3) is 5.65. The minimum Gasteiger partial charge on any atom is -0.369 e. The second-order valence-electron chi connectivity index (χ2n) is 4.61. The highest BCUT2D eigenvalue weighted by Crippen LogP contribution is 2.32. The molecule has 1 aromatic carbocycles. The first kappa shape index (κ1) is 18.7. The van der Waals surface area contributed by atoms with Gasteiger partial charge in [-0.05, 0) is 36.1 Å². The molecule has 0 aromatic heterocycles. The molecule has 8 nitrogen and oxygen atoms in total. The summed E-state index contributed by atoms with van der Waals surface area (Å²) in [5, 5.41) is 18.4. The summed E-state index contributed by atoms with van der Waals surface area (Å²) < 4.78 is 0. The number of nitrogens with zero attached hydrogens (tertiary/aromatic N) is 3. The predicted octanol–water partition coefficient (Wildman–Crippen LogP) is 2.12. The number of hydrogen-bond donors (Lipinski definition) is 5. The van der Waals surface area contributed by atoms with Crippen molar-refractivity contribution in [2.45, 2.75) is 26.7 Å². The Morgan fingerprint density at radius 3 is 2.33 bits per heavy atom. The van der Waals surface area contributed by atoms with Crippen LogP contribution in [0.3, 0.4) is 0 Å². The fourth-order valence-electron chi connectivity index (χ4n) is 1.61. The summed E-state index contributed by atoms with van der Waals surface area (Å²) in [6, 6.07) is 3.74. The van der Waals surface area contributed by atoms with E-state index in [2.05, 4.69) is 20.8 Å². The minimum absolute atomic E-state index is 0. The highest BCUT2D eigenvalue weighted by Gasteiger charge is 2.10. The Morgan fingerprint density at radius 1 is 1.24 bits per heavy atom. The van der Waals surface area contributed by atoms with Crippen molar-refractivity contribution in [2.75, 3.05) is 5.43 Å². The number of benzene rings is 1. The molecule has 0 bridgehead atoms. The smallest absolute Gasteiger partial charge is 0.232 e. The Morgan fingerprint density at radius 2 is 1.86 bits per heavy atom. The largest absolute Gasteiger partial charge is 0.369 e. The molecule has 1 aromatic rings. The minimum atomic E-state index is -0.333. The van der Waals surface area contributed by atoms with Gasteiger partial charge in [-0.25, -0.2) is 0 Å². The van der Waals surface area contributed by atoms with Crippen molar-refractivity contribution in [1.29, 1.82) is 5.41 Å². The molecule has 0 spiro atoms. The average Bonchev–Trinajstić information content (AvgIpc) is 2.34. The maximum absolute atomic E-state index is 7.09. The maximum Gasteiger partial charge on any atom is 0.232 e. The molecule has 0 radical (unpaired) electrons. The van der Waals surface area contributed by atoms with Crippen LogP contribution in [0.25, 0.3) is 0 Å². The topological polar surface area (TPSA) is 151 Å². The molecule has 0 heterocycles. The van der Waals surface area contributed by atoms with Gasteiger partial charge < -0.3 is 17.2 Å². The fourth-order valence-corrected chi connectivity index (χ4v) is 1.61. The van der Waals surface area contributed by atoms with Gasteiger partial charge in [-0.2, -0.15) is 0 Å². The van der Waals surface area contributed by atoms with E-state index >= 15 is 0 Å². The van der Waals surface area contributed by atoms with Crippen LogP contribution in [0.5, 0.6) is 0 Å². The van der Waals surface area contributed by atoms with Gasteiger partial charge in [-0.1, -0.05) is 13.8 Å². The Labute approximate surface area is 129 Å². The molecule has 0 saturated heterocycles. The van der Waals surface area contributed by atoms with Crippen LogP contribution in [0.4, 0.5) is 11.4 Å². The Hall–Kier alpha value is -2.35. The molecule has 0 aliphatic carbocycles. The summed E-state index contributed by atoms with van der Waals surface area (Å²) in [4.78, 5) is 0. The molecule has 0 unspecified atom stereocenters. The number of halogens is 1. The molecule has 0 fully saturated rings. The lowest BCUT2D eigenvalue weighted by Gasteiger charge is -2.13. The second kappa shape index (κ2) is 8.05. The number of nitrogens with one attached hydrogen (secondary N) is 2. The molecular formula is C12H21ClN8. The zero-order chi connectivity index (χ0) is 15.3. The van der Waals surface area contributed by atoms with Crippen LogP contribution < -0.4 is 22.6 Å². The number of azo groups is 1. The molecule has 8 N–H and O–H groups in total. The molecule has 0 amide bonds. The zero-order valence-electron chi connectivity index (χ0n) is 12.2. The third-order valence-corrected chi connectivity index (χ3v) is 2.57. The summed E-state index contributed by atoms with van der Waals surface area (Å²) in [5.41, 5.74) is 21.9. The summed E-state index contributed by atoms with van der Waals surface area (Å²) in [6.07, 6.45) is 0. The maximum atomic E-state index is 7.09. The second-order valence-corrected chi connectivity index (χ2v) is 4.61. The van der Waals surface area contributed by atoms with Crippen LogP contribution in [-0.2, 0) is 0 Å². The number of aryl methyl sites for hydroxylation is 1. The third-order valence-electron chi connectivity index (χ3n) is 2.57. The molecule has 0 atom stereocenters. The predicted molar refractivity (Wildman–Crippen MR) is 88.4 cm³/mol. The van der Waals surface area contributed by atoms with Gasteiger partial charge in [0.05, 0.1) is 11.4 Å². The van der Waals surface area contributed by atoms with Crippen LogP contribution in [0.1, 0.15) is 30.9 Å². The highest BCUT2D eigenvalue weighted by atomic mass is 35.5. The highest BCUT2D eigenvalue weighted by molar-refractivity contribution is 5.85. The molecule has 1 rings (SSSR count). The van der Waals surface area contributed by atoms with Crippen LogP contribution in [0.15, 0.2) is 27.5 Å². The summed E-state index contributed by atoms with van der Waals surface area (Å²) >= 11 is 0. The Kier molecular flexibility index (Phi) is 7.15. The van der Waals surface area contributed by atoms with E-state index in [1.54, 1.807) is 0 Å². The number of anilines is 1. The van der Waals surface area contributed by atoms with Crippen molar-refractivity contribution in [2.24, 2.45) is 32.5 Å². The monoisotopic (exact) mass is 312 g/mol. The van der Waals surface area contributed by atoms with E-state index < -0.39 is 0 Å². The normalized spacial score (nSPS) is 10.3. The van der Waals surface area contributed by atoms with Gasteiger partial charge in [0.15, 0.2) is 0 Å². The van der Waals surface area contributed by atoms with Crippen molar-refractivity contribution >= 4 is 35.7 Å². The van der Waals surface area contributed by atoms with Crippen LogP contribution in [0.2, 0.25) is 0 Å². The van der Waals surface area contributed by atoms with Gasteiger partial charge >= 0.3 is 0 Å². The first-order chi connectivity index (χ1) is 9.31. The van der Waals surface area contributed by atoms with Crippen molar-refractivity contribution in [3.63, 3.8) is 0 Å². The van der Waals surface area contributed by atoms with E-state index in [9.17, 15) is 0 Å². The standard InChI is InChI=1S/C12H20N8.ClH/c1-6(2)8-5-9(17-19-11(13)14)7(3)4-10(8)18-20-12(15)16;/h4-6,17H,1-3H3,(H3,15,16)(H4,13,14,19);1H. The van der Waals surface area contributed by atoms with Crippen LogP contribution >= 0.6 is 12.4 Å². The van der Waals surface area contributed by atoms with Gasteiger partial charge in [0, 0.05) is 0 Å². The quantitative estimate of drug-likeness (QED) is 0.250. The average molecular weight is 313 g/mol. The fraction of sp³-hybridized carbons (Fsp3) is 0.333. The molecule has 0 aliphatic heterocycles. The summed E-state index contributed by atoms with van der Waals surface area (Å²) in [7, 11) is 0. The first-order valence-electron chi connectivity index (χ1n) is 6.06. The van der Waals surface area contributed by atoms with Crippen molar-refractivity contribution in [3.8, 4) is 0 Å². The number of hydrazone groups is 1. The summed E-state index contributed by atoms with van der Waals surface area (Å²) in [6.45, 7) is 5.95. The van der Waals surface area contributed by atoms with Gasteiger partial charge in [-0.15, -0.1) is 27.7 Å². The molecule has 0 aliphatic rings. The van der Waals surface area contributed by atoms with Gasteiger partial charge in [0.1, 0.15) is 0 Å². The van der Waals surface area contributed by atoms with E-state index in [-0.39, 0.29) is 30.2 Å². The lowest BCUT2D eigenvalue weighted by Crippen LogP contribution is -2.24. The van der Waals surface area contributed by atoms with E-state index in [4.69, 9.17) is 22.6 Å². The molecule has 21 heavy (non-hydrogen) atoms. The molecule has 9 heteroatoms. The Bertz CT molecular complexity index is 561. The number of guanidine groups is 2. The molecule has 0 saturated carbocycles. The van der Waals surface area contributed by atoms with Crippen molar-refractivity contribution < 1.29 is 0 Å².